The van der Waals surface area contributed by atoms with E-state index in [0.29, 0.717) is 6.61 Å². The lowest BCUT2D eigenvalue weighted by atomic mass is 10.2. The number of fused-ring (bicyclic) bond motifs is 1. The lowest BCUT2D eigenvalue weighted by molar-refractivity contribution is 0.188. The zero-order valence-electron chi connectivity index (χ0n) is 13.0. The minimum Gasteiger partial charge on any atom is -0.383 e. The van der Waals surface area contributed by atoms with E-state index in [0.717, 1.165) is 29.2 Å². The Morgan fingerprint density at radius 3 is 2.86 bits per heavy atom. The van der Waals surface area contributed by atoms with Crippen LogP contribution in [0, 0.1) is 0 Å². The Morgan fingerprint density at radius 1 is 1.32 bits per heavy atom. The van der Waals surface area contributed by atoms with Crippen molar-refractivity contribution >= 4 is 17.0 Å². The monoisotopic (exact) mass is 300 g/mol. The number of aryl methyl sites for hydroxylation is 1. The standard InChI is InChI=1S/C15H20N6O/c1-11(13-10-20(2)19-18-13)16-15-17-12-6-4-5-7-14(12)21(15)8-9-22-3/h4-7,10-11H,8-9H2,1-3H3,(H,16,17). The third-order valence-electron chi connectivity index (χ3n) is 3.58. The van der Waals surface area contributed by atoms with Crippen LogP contribution in [0.15, 0.2) is 30.5 Å². The second kappa shape index (κ2) is 6.15. The smallest absolute Gasteiger partial charge is 0.204 e. The molecule has 3 rings (SSSR count). The van der Waals surface area contributed by atoms with Gasteiger partial charge in [0.15, 0.2) is 0 Å². The number of anilines is 1. The summed E-state index contributed by atoms with van der Waals surface area (Å²) >= 11 is 0. The van der Waals surface area contributed by atoms with Gasteiger partial charge in [-0.1, -0.05) is 17.3 Å². The molecule has 0 saturated heterocycles. The summed E-state index contributed by atoms with van der Waals surface area (Å²) in [5, 5.41) is 11.5. The molecule has 0 radical (unpaired) electrons. The Labute approximate surface area is 128 Å². The summed E-state index contributed by atoms with van der Waals surface area (Å²) in [7, 11) is 3.56. The van der Waals surface area contributed by atoms with Gasteiger partial charge in [-0.2, -0.15) is 0 Å². The summed E-state index contributed by atoms with van der Waals surface area (Å²) in [4.78, 5) is 4.68. The number of para-hydroxylation sites is 2. The van der Waals surface area contributed by atoms with Gasteiger partial charge >= 0.3 is 0 Å². The SMILES string of the molecule is COCCn1c(NC(C)c2cn(C)nn2)nc2ccccc21. The van der Waals surface area contributed by atoms with Gasteiger partial charge in [0.05, 0.1) is 29.9 Å². The van der Waals surface area contributed by atoms with Crippen LogP contribution in [-0.2, 0) is 18.3 Å². The number of imidazole rings is 1. The van der Waals surface area contributed by atoms with Crippen molar-refractivity contribution in [2.45, 2.75) is 19.5 Å². The lowest BCUT2D eigenvalue weighted by Gasteiger charge is -2.14. The molecule has 0 aliphatic carbocycles. The number of hydrogen-bond acceptors (Lipinski definition) is 5. The molecule has 0 fully saturated rings. The molecule has 1 atom stereocenters. The molecule has 2 aromatic heterocycles. The van der Waals surface area contributed by atoms with Crippen LogP contribution in [-0.4, -0.2) is 38.3 Å². The first-order valence-electron chi connectivity index (χ1n) is 7.26. The topological polar surface area (TPSA) is 69.8 Å². The van der Waals surface area contributed by atoms with E-state index in [1.807, 2.05) is 38.4 Å². The zero-order chi connectivity index (χ0) is 15.5. The molecule has 0 bridgehead atoms. The number of methoxy groups -OCH3 is 1. The first-order valence-corrected chi connectivity index (χ1v) is 7.26. The van der Waals surface area contributed by atoms with E-state index in [4.69, 9.17) is 4.74 Å². The molecule has 116 valence electrons. The highest BCUT2D eigenvalue weighted by molar-refractivity contribution is 5.78. The van der Waals surface area contributed by atoms with E-state index in [-0.39, 0.29) is 6.04 Å². The molecular weight excluding hydrogens is 280 g/mol. The second-order valence-corrected chi connectivity index (χ2v) is 5.25. The largest absolute Gasteiger partial charge is 0.383 e. The third-order valence-corrected chi connectivity index (χ3v) is 3.58. The maximum atomic E-state index is 5.21. The van der Waals surface area contributed by atoms with Gasteiger partial charge in [-0.3, -0.25) is 4.68 Å². The number of rotatable bonds is 6. The molecule has 0 saturated carbocycles. The van der Waals surface area contributed by atoms with Gasteiger partial charge in [0, 0.05) is 20.7 Å². The van der Waals surface area contributed by atoms with Crippen LogP contribution in [0.25, 0.3) is 11.0 Å². The van der Waals surface area contributed by atoms with Crippen LogP contribution in [0.3, 0.4) is 0 Å². The van der Waals surface area contributed by atoms with Crippen molar-refractivity contribution in [2.24, 2.45) is 7.05 Å². The van der Waals surface area contributed by atoms with Gasteiger partial charge in [0.2, 0.25) is 5.95 Å². The van der Waals surface area contributed by atoms with E-state index in [9.17, 15) is 0 Å². The van der Waals surface area contributed by atoms with Crippen LogP contribution in [0.5, 0.6) is 0 Å². The maximum absolute atomic E-state index is 5.21. The molecule has 3 aromatic rings. The van der Waals surface area contributed by atoms with Crippen LogP contribution in [0.2, 0.25) is 0 Å². The molecule has 2 heterocycles. The van der Waals surface area contributed by atoms with E-state index in [1.165, 1.54) is 0 Å². The predicted molar refractivity (Wildman–Crippen MR) is 84.6 cm³/mol. The molecular formula is C15H20N6O. The predicted octanol–water partition coefficient (Wildman–Crippen LogP) is 1.98. The fraction of sp³-hybridized carbons (Fsp3) is 0.400. The third kappa shape index (κ3) is 2.80. The van der Waals surface area contributed by atoms with Gasteiger partial charge in [-0.15, -0.1) is 5.10 Å². The van der Waals surface area contributed by atoms with Crippen LogP contribution in [0.4, 0.5) is 5.95 Å². The van der Waals surface area contributed by atoms with Crippen molar-refractivity contribution in [1.29, 1.82) is 0 Å². The first kappa shape index (κ1) is 14.5. The van der Waals surface area contributed by atoms with Gasteiger partial charge in [0.1, 0.15) is 5.69 Å². The van der Waals surface area contributed by atoms with Gasteiger partial charge < -0.3 is 14.6 Å². The highest BCUT2D eigenvalue weighted by Gasteiger charge is 2.15. The van der Waals surface area contributed by atoms with Crippen LogP contribution >= 0.6 is 0 Å². The Morgan fingerprint density at radius 2 is 2.14 bits per heavy atom. The number of aromatic nitrogens is 5. The van der Waals surface area contributed by atoms with E-state index in [1.54, 1.807) is 11.8 Å². The van der Waals surface area contributed by atoms with E-state index in [2.05, 4.69) is 31.2 Å². The summed E-state index contributed by atoms with van der Waals surface area (Å²) in [5.74, 6) is 0.816. The number of ether oxygens (including phenoxy) is 1. The first-order chi connectivity index (χ1) is 10.7. The van der Waals surface area contributed by atoms with Gasteiger partial charge in [-0.05, 0) is 19.1 Å². The molecule has 0 spiro atoms. The fourth-order valence-corrected chi connectivity index (χ4v) is 2.43. The normalized spacial score (nSPS) is 12.7. The summed E-state index contributed by atoms with van der Waals surface area (Å²) < 4.78 is 9.04. The molecule has 7 nitrogen and oxygen atoms in total. The van der Waals surface area contributed by atoms with Crippen molar-refractivity contribution in [2.75, 3.05) is 19.0 Å². The number of nitrogens with one attached hydrogen (secondary N) is 1. The maximum Gasteiger partial charge on any atom is 0.204 e. The molecule has 1 unspecified atom stereocenters. The number of hydrogen-bond donors (Lipinski definition) is 1. The van der Waals surface area contributed by atoms with Gasteiger partial charge in [-0.25, -0.2) is 4.98 Å². The highest BCUT2D eigenvalue weighted by Crippen LogP contribution is 2.22. The summed E-state index contributed by atoms with van der Waals surface area (Å²) in [6.45, 7) is 3.42. The van der Waals surface area contributed by atoms with Crippen molar-refractivity contribution < 1.29 is 4.74 Å². The zero-order valence-corrected chi connectivity index (χ0v) is 13.0. The number of benzene rings is 1. The molecule has 1 N–H and O–H groups in total. The number of nitrogens with zero attached hydrogens (tertiary/aromatic N) is 5. The minimum absolute atomic E-state index is 0.0202. The second-order valence-electron chi connectivity index (χ2n) is 5.25. The molecule has 0 aliphatic heterocycles. The molecule has 22 heavy (non-hydrogen) atoms. The van der Waals surface area contributed by atoms with Crippen molar-refractivity contribution in [3.8, 4) is 0 Å². The van der Waals surface area contributed by atoms with Crippen LogP contribution in [0.1, 0.15) is 18.7 Å². The molecule has 0 amide bonds. The lowest BCUT2D eigenvalue weighted by Crippen LogP contribution is -2.14. The highest BCUT2D eigenvalue weighted by atomic mass is 16.5. The summed E-state index contributed by atoms with van der Waals surface area (Å²) in [6, 6.07) is 8.11. The Kier molecular flexibility index (Phi) is 4.06. The van der Waals surface area contributed by atoms with Gasteiger partial charge in [0.25, 0.3) is 0 Å². The minimum atomic E-state index is 0.0202. The quantitative estimate of drug-likeness (QED) is 0.754. The van der Waals surface area contributed by atoms with Crippen molar-refractivity contribution in [3.05, 3.63) is 36.2 Å². The summed E-state index contributed by atoms with van der Waals surface area (Å²) in [5.41, 5.74) is 2.94. The summed E-state index contributed by atoms with van der Waals surface area (Å²) in [6.07, 6.45) is 1.90. The fourth-order valence-electron chi connectivity index (χ4n) is 2.43. The Balaban J connectivity index is 1.91. The van der Waals surface area contributed by atoms with Crippen molar-refractivity contribution in [1.82, 2.24) is 24.5 Å². The molecule has 7 heteroatoms. The Hall–Kier alpha value is -2.41. The van der Waals surface area contributed by atoms with Crippen LogP contribution < -0.4 is 5.32 Å². The molecule has 0 aliphatic rings. The molecule has 1 aromatic carbocycles. The average Bonchev–Trinajstić information content (AvgIpc) is 3.09. The van der Waals surface area contributed by atoms with E-state index < -0.39 is 0 Å². The Bertz CT molecular complexity index is 762. The average molecular weight is 300 g/mol. The van der Waals surface area contributed by atoms with E-state index >= 15 is 0 Å². The van der Waals surface area contributed by atoms with Crippen molar-refractivity contribution in [3.63, 3.8) is 0 Å².